The molecule has 3 heterocycles. The van der Waals surface area contributed by atoms with Crippen molar-refractivity contribution in [2.75, 3.05) is 33.3 Å². The Hall–Kier alpha value is -1.80. The molecule has 3 rings (SSSR count). The highest BCUT2D eigenvalue weighted by Crippen LogP contribution is 2.68. The second-order valence-electron chi connectivity index (χ2n) is 9.19. The molecular weight excluding hydrogens is 414 g/mol. The average molecular weight is 450 g/mol. The molecule has 0 saturated carbocycles. The van der Waals surface area contributed by atoms with Gasteiger partial charge in [-0.2, -0.15) is 0 Å². The summed E-state index contributed by atoms with van der Waals surface area (Å²) in [5.41, 5.74) is 0. The van der Waals surface area contributed by atoms with Gasteiger partial charge in [-0.05, 0) is 26.2 Å². The number of thioether (sulfide) groups is 1. The smallest absolute Gasteiger partial charge is 0.247 e. The number of β-amino-alcohol motifs (C(OH)–C–C–N with tert-alkyl or cyclic N) is 1. The van der Waals surface area contributed by atoms with Crippen molar-refractivity contribution in [1.82, 2.24) is 14.7 Å². The number of fused-ring (bicyclic) bond motifs is 1. The van der Waals surface area contributed by atoms with Gasteiger partial charge in [-0.1, -0.05) is 19.1 Å². The van der Waals surface area contributed by atoms with Crippen molar-refractivity contribution in [3.8, 4) is 0 Å². The van der Waals surface area contributed by atoms with Crippen LogP contribution in [0.5, 0.6) is 0 Å². The molecule has 0 aromatic rings. The van der Waals surface area contributed by atoms with Crippen LogP contribution in [-0.4, -0.2) is 92.9 Å². The first kappa shape index (κ1) is 23.9. The molecule has 8 heteroatoms. The molecular formula is C23H35N3O4S. The van der Waals surface area contributed by atoms with Crippen LogP contribution in [0.15, 0.2) is 25.3 Å². The summed E-state index contributed by atoms with van der Waals surface area (Å²) in [6, 6.07) is -0.742. The molecule has 3 unspecified atom stereocenters. The summed E-state index contributed by atoms with van der Waals surface area (Å²) in [6.45, 7) is 14.2. The summed E-state index contributed by atoms with van der Waals surface area (Å²) in [6.07, 6.45) is 4.17. The van der Waals surface area contributed by atoms with Crippen LogP contribution >= 0.6 is 11.8 Å². The Labute approximate surface area is 189 Å². The lowest BCUT2D eigenvalue weighted by molar-refractivity contribution is -0.145. The van der Waals surface area contributed by atoms with Gasteiger partial charge in [0.15, 0.2) is 0 Å². The quantitative estimate of drug-likeness (QED) is 0.538. The third kappa shape index (κ3) is 3.52. The largest absolute Gasteiger partial charge is 0.395 e. The number of amides is 3. The Kier molecular flexibility index (Phi) is 6.91. The number of carbonyl (C=O) groups excluding carboxylic acids is 3. The van der Waals surface area contributed by atoms with E-state index in [1.807, 2.05) is 13.8 Å². The second-order valence-corrected chi connectivity index (χ2v) is 10.7. The Morgan fingerprint density at radius 3 is 2.48 bits per heavy atom. The topological polar surface area (TPSA) is 81.2 Å². The highest BCUT2D eigenvalue weighted by atomic mass is 32.2. The first-order chi connectivity index (χ1) is 14.7. The van der Waals surface area contributed by atoms with Crippen LogP contribution in [0.2, 0.25) is 0 Å². The maximum atomic E-state index is 13.9. The van der Waals surface area contributed by atoms with E-state index in [-0.39, 0.29) is 48.1 Å². The molecule has 3 aliphatic heterocycles. The van der Waals surface area contributed by atoms with Crippen LogP contribution in [0.4, 0.5) is 0 Å². The fourth-order valence-electron chi connectivity index (χ4n) is 5.82. The van der Waals surface area contributed by atoms with Crippen molar-refractivity contribution in [3.05, 3.63) is 25.3 Å². The Balaban J connectivity index is 2.07. The summed E-state index contributed by atoms with van der Waals surface area (Å²) in [4.78, 5) is 45.8. The van der Waals surface area contributed by atoms with Crippen LogP contribution in [0.1, 0.15) is 27.2 Å². The molecule has 1 spiro atoms. The van der Waals surface area contributed by atoms with Gasteiger partial charge in [-0.15, -0.1) is 24.9 Å². The van der Waals surface area contributed by atoms with Crippen molar-refractivity contribution < 1.29 is 19.5 Å². The van der Waals surface area contributed by atoms with Crippen molar-refractivity contribution in [3.63, 3.8) is 0 Å². The lowest BCUT2D eigenvalue weighted by Crippen LogP contribution is -2.58. The van der Waals surface area contributed by atoms with Gasteiger partial charge in [0.1, 0.15) is 6.04 Å². The molecule has 0 aliphatic carbocycles. The standard InChI is InChI=1S/C23H35N3O4S/c1-7-9-24(6)20(28)17-16-13-15(5)23(31-16)18(17)21(29)26(11-12-27)19(23)22(30)25(10-8-2)14(3)4/h7-8,14-19,27H,1-2,9-13H2,3-6H3/t15?,16-,17+,18+,19?,23?/m1/s1. The third-order valence-corrected chi connectivity index (χ3v) is 9.19. The molecule has 3 saturated heterocycles. The minimum absolute atomic E-state index is 0.0159. The molecule has 0 aromatic heterocycles. The molecule has 3 amide bonds. The fourth-order valence-corrected chi connectivity index (χ4v) is 8.23. The van der Waals surface area contributed by atoms with E-state index in [4.69, 9.17) is 0 Å². The van der Waals surface area contributed by atoms with Gasteiger partial charge >= 0.3 is 0 Å². The molecule has 3 fully saturated rings. The first-order valence-electron chi connectivity index (χ1n) is 11.0. The van der Waals surface area contributed by atoms with Crippen LogP contribution < -0.4 is 0 Å². The van der Waals surface area contributed by atoms with Crippen LogP contribution in [0.25, 0.3) is 0 Å². The van der Waals surface area contributed by atoms with E-state index in [0.717, 1.165) is 6.42 Å². The number of carbonyl (C=O) groups is 3. The molecule has 6 atom stereocenters. The fraction of sp³-hybridized carbons (Fsp3) is 0.696. The van der Waals surface area contributed by atoms with Crippen LogP contribution in [0.3, 0.4) is 0 Å². The number of likely N-dealkylation sites (tertiary alicyclic amines) is 1. The van der Waals surface area contributed by atoms with Crippen LogP contribution in [-0.2, 0) is 14.4 Å². The predicted octanol–water partition coefficient (Wildman–Crippen LogP) is 1.38. The first-order valence-corrected chi connectivity index (χ1v) is 11.9. The zero-order valence-corrected chi connectivity index (χ0v) is 19.8. The number of likely N-dealkylation sites (N-methyl/N-ethyl adjacent to an activating group) is 1. The van der Waals surface area contributed by atoms with E-state index in [1.165, 1.54) is 0 Å². The predicted molar refractivity (Wildman–Crippen MR) is 122 cm³/mol. The highest BCUT2D eigenvalue weighted by molar-refractivity contribution is 8.02. The lowest BCUT2D eigenvalue weighted by atomic mass is 9.65. The zero-order valence-electron chi connectivity index (χ0n) is 19.0. The second kappa shape index (κ2) is 8.98. The summed E-state index contributed by atoms with van der Waals surface area (Å²) < 4.78 is -0.655. The summed E-state index contributed by atoms with van der Waals surface area (Å²) in [5, 5.41) is 9.71. The minimum Gasteiger partial charge on any atom is -0.395 e. The zero-order chi connectivity index (χ0) is 23.1. The van der Waals surface area contributed by atoms with Crippen molar-refractivity contribution in [2.24, 2.45) is 17.8 Å². The third-order valence-electron chi connectivity index (χ3n) is 7.12. The van der Waals surface area contributed by atoms with Gasteiger partial charge < -0.3 is 19.8 Å². The van der Waals surface area contributed by atoms with Gasteiger partial charge in [0.25, 0.3) is 0 Å². The van der Waals surface area contributed by atoms with E-state index in [9.17, 15) is 19.5 Å². The van der Waals surface area contributed by atoms with Gasteiger partial charge in [0, 0.05) is 38.0 Å². The maximum absolute atomic E-state index is 13.9. The van der Waals surface area contributed by atoms with Crippen molar-refractivity contribution >= 4 is 29.5 Å². The monoisotopic (exact) mass is 449 g/mol. The van der Waals surface area contributed by atoms with E-state index in [0.29, 0.717) is 13.1 Å². The molecule has 31 heavy (non-hydrogen) atoms. The number of hydrogen-bond donors (Lipinski definition) is 1. The lowest BCUT2D eigenvalue weighted by Gasteiger charge is -2.41. The number of aliphatic hydroxyl groups is 1. The van der Waals surface area contributed by atoms with E-state index in [2.05, 4.69) is 20.1 Å². The Morgan fingerprint density at radius 2 is 1.94 bits per heavy atom. The minimum atomic E-state index is -0.688. The Bertz CT molecular complexity index is 772. The van der Waals surface area contributed by atoms with Gasteiger partial charge in [-0.25, -0.2) is 0 Å². The number of rotatable bonds is 9. The molecule has 0 radical (unpaired) electrons. The van der Waals surface area contributed by atoms with Gasteiger partial charge in [0.05, 0.1) is 23.2 Å². The number of hydrogen-bond acceptors (Lipinski definition) is 5. The summed E-state index contributed by atoms with van der Waals surface area (Å²) in [5.74, 6) is -1.25. The van der Waals surface area contributed by atoms with Gasteiger partial charge in [0.2, 0.25) is 17.7 Å². The van der Waals surface area contributed by atoms with E-state index < -0.39 is 22.6 Å². The molecule has 1 N–H and O–H groups in total. The highest BCUT2D eigenvalue weighted by Gasteiger charge is 2.76. The van der Waals surface area contributed by atoms with E-state index >= 15 is 0 Å². The molecule has 0 aromatic carbocycles. The molecule has 3 aliphatic rings. The summed E-state index contributed by atoms with van der Waals surface area (Å²) in [7, 11) is 1.73. The van der Waals surface area contributed by atoms with Crippen molar-refractivity contribution in [1.29, 1.82) is 0 Å². The maximum Gasteiger partial charge on any atom is 0.247 e. The normalized spacial score (nSPS) is 33.5. The summed E-state index contributed by atoms with van der Waals surface area (Å²) >= 11 is 1.66. The number of nitrogens with zero attached hydrogens (tertiary/aromatic N) is 3. The van der Waals surface area contributed by atoms with Crippen molar-refractivity contribution in [2.45, 2.75) is 49.3 Å². The molecule has 172 valence electrons. The Morgan fingerprint density at radius 1 is 1.29 bits per heavy atom. The van der Waals surface area contributed by atoms with Gasteiger partial charge in [-0.3, -0.25) is 14.4 Å². The molecule has 7 nitrogen and oxygen atoms in total. The van der Waals surface area contributed by atoms with E-state index in [1.54, 1.807) is 45.7 Å². The molecule has 2 bridgehead atoms. The number of aliphatic hydroxyl groups excluding tert-OH is 1. The van der Waals surface area contributed by atoms with Crippen LogP contribution in [0, 0.1) is 17.8 Å². The average Bonchev–Trinajstić information content (AvgIpc) is 3.30. The SMILES string of the molecule is C=CCN(C)C(=O)[C@@H]1[C@H]2C(=O)N(CCO)C(C(=O)N(CC=C)C(C)C)C23S[C@@H]1CC3C.